The molecule has 0 aromatic carbocycles. The van der Waals surface area contributed by atoms with Crippen molar-refractivity contribution >= 4 is 33.4 Å². The number of pyridine rings is 1. The number of aromatic nitrogens is 1. The molecule has 96 valence electrons. The number of hydrogen-bond acceptors (Lipinski definition) is 5. The maximum atomic E-state index is 12.1. The molecule has 0 amide bonds. The van der Waals surface area contributed by atoms with E-state index in [0.717, 1.165) is 5.75 Å². The van der Waals surface area contributed by atoms with Crippen LogP contribution in [-0.2, 0) is 10.0 Å². The zero-order valence-corrected chi connectivity index (χ0v) is 11.6. The fraction of sp³-hybridized carbons (Fsp3) is 0.400. The minimum atomic E-state index is -3.74. The van der Waals surface area contributed by atoms with Crippen LogP contribution in [0.3, 0.4) is 0 Å². The van der Waals surface area contributed by atoms with E-state index in [9.17, 15) is 8.42 Å². The molecule has 2 rings (SSSR count). The van der Waals surface area contributed by atoms with Crippen molar-refractivity contribution in [3.8, 4) is 6.07 Å². The molecule has 0 radical (unpaired) electrons. The summed E-state index contributed by atoms with van der Waals surface area (Å²) in [6, 6.07) is 4.82. The molecule has 0 saturated carbocycles. The van der Waals surface area contributed by atoms with Crippen molar-refractivity contribution < 1.29 is 8.42 Å². The van der Waals surface area contributed by atoms with Crippen LogP contribution in [0.25, 0.3) is 0 Å². The fourth-order valence-corrected chi connectivity index (χ4v) is 4.35. The molecule has 1 aromatic heterocycles. The Hall–Kier alpha value is -0.810. The zero-order valence-electron chi connectivity index (χ0n) is 9.26. The standard InChI is InChI=1S/C10H10ClN3O2S2/c11-9-2-1-8(5-13-9)18(15,16)14-10(6-12)3-4-17-7-10/h1-2,5,14H,3-4,7H2. The number of hydrogen-bond donors (Lipinski definition) is 1. The molecule has 18 heavy (non-hydrogen) atoms. The van der Waals surface area contributed by atoms with E-state index in [4.69, 9.17) is 16.9 Å². The molecule has 8 heteroatoms. The molecule has 1 aliphatic heterocycles. The van der Waals surface area contributed by atoms with Gasteiger partial charge in [0.2, 0.25) is 10.0 Å². The van der Waals surface area contributed by atoms with Crippen LogP contribution in [0, 0.1) is 11.3 Å². The first-order valence-corrected chi connectivity index (χ1v) is 8.14. The van der Waals surface area contributed by atoms with Gasteiger partial charge in [-0.05, 0) is 24.3 Å². The number of sulfonamides is 1. The molecule has 1 aliphatic rings. The Kier molecular flexibility index (Phi) is 3.82. The molecular weight excluding hydrogens is 294 g/mol. The lowest BCUT2D eigenvalue weighted by atomic mass is 10.0. The van der Waals surface area contributed by atoms with Crippen LogP contribution < -0.4 is 4.72 Å². The van der Waals surface area contributed by atoms with Gasteiger partial charge in [-0.25, -0.2) is 13.4 Å². The van der Waals surface area contributed by atoms with Crippen molar-refractivity contribution in [2.24, 2.45) is 0 Å². The summed E-state index contributed by atoms with van der Waals surface area (Å²) in [5.74, 6) is 1.23. The highest BCUT2D eigenvalue weighted by Crippen LogP contribution is 2.29. The van der Waals surface area contributed by atoms with E-state index in [1.165, 1.54) is 18.3 Å². The predicted octanol–water partition coefficient (Wildman–Crippen LogP) is 1.41. The van der Waals surface area contributed by atoms with Crippen molar-refractivity contribution in [2.75, 3.05) is 11.5 Å². The van der Waals surface area contributed by atoms with Gasteiger partial charge in [0.25, 0.3) is 0 Å². The number of halogens is 1. The van der Waals surface area contributed by atoms with Crippen molar-refractivity contribution in [3.63, 3.8) is 0 Å². The lowest BCUT2D eigenvalue weighted by Gasteiger charge is -2.20. The van der Waals surface area contributed by atoms with Gasteiger partial charge in [0, 0.05) is 11.9 Å². The van der Waals surface area contributed by atoms with Crippen LogP contribution in [0.2, 0.25) is 5.15 Å². The van der Waals surface area contributed by atoms with E-state index in [-0.39, 0.29) is 10.0 Å². The van der Waals surface area contributed by atoms with Crippen LogP contribution in [0.5, 0.6) is 0 Å². The SMILES string of the molecule is N#CC1(NS(=O)(=O)c2ccc(Cl)nc2)CCSC1. The van der Waals surface area contributed by atoms with E-state index < -0.39 is 15.6 Å². The average Bonchev–Trinajstić information content (AvgIpc) is 2.78. The molecule has 1 saturated heterocycles. The Morgan fingerprint density at radius 1 is 1.56 bits per heavy atom. The molecule has 0 spiro atoms. The van der Waals surface area contributed by atoms with Crippen LogP contribution in [0.15, 0.2) is 23.2 Å². The third-order valence-electron chi connectivity index (χ3n) is 2.58. The Morgan fingerprint density at radius 3 is 2.83 bits per heavy atom. The normalized spacial score (nSPS) is 23.8. The van der Waals surface area contributed by atoms with E-state index in [2.05, 4.69) is 15.8 Å². The summed E-state index contributed by atoms with van der Waals surface area (Å²) in [4.78, 5) is 3.74. The summed E-state index contributed by atoms with van der Waals surface area (Å²) in [6.45, 7) is 0. The number of rotatable bonds is 3. The topological polar surface area (TPSA) is 82.9 Å². The summed E-state index contributed by atoms with van der Waals surface area (Å²) in [5.41, 5.74) is -1.01. The van der Waals surface area contributed by atoms with Gasteiger partial charge in [-0.3, -0.25) is 0 Å². The Labute approximate surface area is 115 Å². The third-order valence-corrected chi connectivity index (χ3v) is 5.51. The van der Waals surface area contributed by atoms with Crippen molar-refractivity contribution in [1.29, 1.82) is 5.26 Å². The molecule has 1 unspecified atom stereocenters. The maximum Gasteiger partial charge on any atom is 0.243 e. The first-order valence-electron chi connectivity index (χ1n) is 5.12. The number of nitrogens with one attached hydrogen (secondary N) is 1. The first-order chi connectivity index (χ1) is 8.47. The minimum Gasteiger partial charge on any atom is -0.243 e. The summed E-state index contributed by atoms with van der Waals surface area (Å²) < 4.78 is 26.7. The molecule has 0 aliphatic carbocycles. The van der Waals surface area contributed by atoms with Gasteiger partial charge in [-0.1, -0.05) is 11.6 Å². The number of nitriles is 1. The molecule has 1 fully saturated rings. The van der Waals surface area contributed by atoms with Gasteiger partial charge in [0.05, 0.1) is 6.07 Å². The molecule has 1 N–H and O–H groups in total. The molecule has 1 aromatic rings. The van der Waals surface area contributed by atoms with E-state index in [0.29, 0.717) is 12.2 Å². The summed E-state index contributed by atoms with van der Waals surface area (Å²) in [6.07, 6.45) is 1.69. The number of thioether (sulfide) groups is 1. The van der Waals surface area contributed by atoms with Crippen molar-refractivity contribution in [1.82, 2.24) is 9.71 Å². The zero-order chi connectivity index (χ0) is 13.2. The van der Waals surface area contributed by atoms with Gasteiger partial charge in [-0.15, -0.1) is 0 Å². The molecule has 2 heterocycles. The Balaban J connectivity index is 2.27. The maximum absolute atomic E-state index is 12.1. The second-order valence-corrected chi connectivity index (χ2v) is 7.09. The lowest BCUT2D eigenvalue weighted by Crippen LogP contribution is -2.47. The van der Waals surface area contributed by atoms with Gasteiger partial charge < -0.3 is 0 Å². The summed E-state index contributed by atoms with van der Waals surface area (Å²) in [5, 5.41) is 9.37. The quantitative estimate of drug-likeness (QED) is 0.854. The second-order valence-electron chi connectivity index (χ2n) is 3.92. The highest BCUT2D eigenvalue weighted by Gasteiger charge is 2.38. The van der Waals surface area contributed by atoms with E-state index in [1.807, 2.05) is 0 Å². The fourth-order valence-electron chi connectivity index (χ4n) is 1.59. The van der Waals surface area contributed by atoms with Gasteiger partial charge in [-0.2, -0.15) is 21.7 Å². The average molecular weight is 304 g/mol. The second kappa shape index (κ2) is 5.05. The van der Waals surface area contributed by atoms with Crippen molar-refractivity contribution in [3.05, 3.63) is 23.5 Å². The molecular formula is C10H10ClN3O2S2. The molecule has 5 nitrogen and oxygen atoms in total. The van der Waals surface area contributed by atoms with E-state index in [1.54, 1.807) is 11.8 Å². The molecule has 0 bridgehead atoms. The van der Waals surface area contributed by atoms with Crippen molar-refractivity contribution in [2.45, 2.75) is 16.9 Å². The molecule has 1 atom stereocenters. The monoisotopic (exact) mass is 303 g/mol. The minimum absolute atomic E-state index is 0.0124. The predicted molar refractivity (Wildman–Crippen MR) is 69.9 cm³/mol. The third kappa shape index (κ3) is 2.78. The first kappa shape index (κ1) is 13.6. The largest absolute Gasteiger partial charge is 0.243 e. The van der Waals surface area contributed by atoms with Gasteiger partial charge >= 0.3 is 0 Å². The van der Waals surface area contributed by atoms with E-state index >= 15 is 0 Å². The van der Waals surface area contributed by atoms with Gasteiger partial charge in [0.1, 0.15) is 15.6 Å². The Bertz CT molecular complexity index is 574. The van der Waals surface area contributed by atoms with Crippen LogP contribution >= 0.6 is 23.4 Å². The summed E-state index contributed by atoms with van der Waals surface area (Å²) >= 11 is 7.16. The van der Waals surface area contributed by atoms with Crippen LogP contribution in [-0.4, -0.2) is 30.4 Å². The highest BCUT2D eigenvalue weighted by molar-refractivity contribution is 7.99. The van der Waals surface area contributed by atoms with Gasteiger partial charge in [0.15, 0.2) is 0 Å². The lowest BCUT2D eigenvalue weighted by molar-refractivity contribution is 0.514. The smallest absolute Gasteiger partial charge is 0.243 e. The Morgan fingerprint density at radius 2 is 2.33 bits per heavy atom. The van der Waals surface area contributed by atoms with Crippen LogP contribution in [0.1, 0.15) is 6.42 Å². The highest BCUT2D eigenvalue weighted by atomic mass is 35.5. The number of nitrogens with zero attached hydrogens (tertiary/aromatic N) is 2. The summed E-state index contributed by atoms with van der Waals surface area (Å²) in [7, 11) is -3.74. The van der Waals surface area contributed by atoms with Crippen LogP contribution in [0.4, 0.5) is 0 Å².